The summed E-state index contributed by atoms with van der Waals surface area (Å²) in [5.74, 6) is -0.539. The summed E-state index contributed by atoms with van der Waals surface area (Å²) in [6.07, 6.45) is 0.427. The van der Waals surface area contributed by atoms with Crippen LogP contribution in [0.15, 0.2) is 24.3 Å². The fourth-order valence-electron chi connectivity index (χ4n) is 1.19. The molecule has 100 valence electrons. The molecule has 0 aromatic heterocycles. The van der Waals surface area contributed by atoms with Crippen molar-refractivity contribution in [1.82, 2.24) is 0 Å². The number of rotatable bonds is 5. The molecule has 18 heavy (non-hydrogen) atoms. The van der Waals surface area contributed by atoms with Crippen molar-refractivity contribution in [2.75, 3.05) is 5.32 Å². The molecular weight excluding hydrogens is 242 g/mol. The van der Waals surface area contributed by atoms with Crippen LogP contribution in [0.5, 0.6) is 5.75 Å². The van der Waals surface area contributed by atoms with E-state index in [9.17, 15) is 13.6 Å². The first-order valence-corrected chi connectivity index (χ1v) is 5.51. The molecule has 1 rings (SSSR count). The van der Waals surface area contributed by atoms with Crippen molar-refractivity contribution in [3.05, 3.63) is 24.3 Å². The van der Waals surface area contributed by atoms with Crippen LogP contribution in [-0.2, 0) is 4.79 Å². The Kier molecular flexibility index (Phi) is 4.61. The van der Waals surface area contributed by atoms with Gasteiger partial charge >= 0.3 is 6.61 Å². The number of anilines is 1. The summed E-state index contributed by atoms with van der Waals surface area (Å²) in [4.78, 5) is 11.8. The Morgan fingerprint density at radius 2 is 2.11 bits per heavy atom. The van der Waals surface area contributed by atoms with Crippen LogP contribution in [0.1, 0.15) is 20.3 Å². The number of nitrogens with one attached hydrogen (secondary N) is 1. The van der Waals surface area contributed by atoms with E-state index >= 15 is 0 Å². The third-order valence-corrected chi connectivity index (χ3v) is 2.60. The Labute approximate surface area is 104 Å². The van der Waals surface area contributed by atoms with Crippen LogP contribution >= 0.6 is 0 Å². The number of alkyl halides is 2. The van der Waals surface area contributed by atoms with Gasteiger partial charge in [0.1, 0.15) is 5.75 Å². The lowest BCUT2D eigenvalue weighted by Crippen LogP contribution is -2.47. The van der Waals surface area contributed by atoms with Crippen molar-refractivity contribution in [3.63, 3.8) is 0 Å². The van der Waals surface area contributed by atoms with Gasteiger partial charge in [0.2, 0.25) is 5.91 Å². The van der Waals surface area contributed by atoms with E-state index in [0.29, 0.717) is 6.42 Å². The molecule has 1 amide bonds. The summed E-state index contributed by atoms with van der Waals surface area (Å²) in [7, 11) is 0. The molecule has 3 N–H and O–H groups in total. The van der Waals surface area contributed by atoms with Crippen molar-refractivity contribution in [2.24, 2.45) is 5.73 Å². The zero-order valence-electron chi connectivity index (χ0n) is 10.2. The number of halogens is 2. The highest BCUT2D eigenvalue weighted by Crippen LogP contribution is 2.26. The van der Waals surface area contributed by atoms with Gasteiger partial charge in [0.25, 0.3) is 0 Å². The smallest absolute Gasteiger partial charge is 0.387 e. The van der Waals surface area contributed by atoms with Crippen molar-refractivity contribution in [2.45, 2.75) is 32.4 Å². The minimum absolute atomic E-state index is 0.0900. The van der Waals surface area contributed by atoms with Gasteiger partial charge in [0.15, 0.2) is 0 Å². The largest absolute Gasteiger partial charge is 0.433 e. The van der Waals surface area contributed by atoms with Crippen LogP contribution in [-0.4, -0.2) is 18.1 Å². The van der Waals surface area contributed by atoms with Gasteiger partial charge in [-0.25, -0.2) is 0 Å². The van der Waals surface area contributed by atoms with Crippen LogP contribution in [0.4, 0.5) is 14.5 Å². The van der Waals surface area contributed by atoms with Crippen molar-refractivity contribution in [1.29, 1.82) is 0 Å². The molecule has 0 saturated heterocycles. The molecule has 1 atom stereocenters. The molecule has 0 radical (unpaired) electrons. The number of hydrogen-bond donors (Lipinski definition) is 2. The second-order valence-corrected chi connectivity index (χ2v) is 4.10. The van der Waals surface area contributed by atoms with Gasteiger partial charge in [-0.3, -0.25) is 4.79 Å². The molecule has 0 aliphatic rings. The Bertz CT molecular complexity index is 422. The van der Waals surface area contributed by atoms with Crippen LogP contribution in [0.2, 0.25) is 0 Å². The van der Waals surface area contributed by atoms with Gasteiger partial charge in [-0.15, -0.1) is 0 Å². The summed E-state index contributed by atoms with van der Waals surface area (Å²) in [5, 5.41) is 2.48. The van der Waals surface area contributed by atoms with Crippen molar-refractivity contribution in [3.8, 4) is 5.75 Å². The Morgan fingerprint density at radius 3 is 2.67 bits per heavy atom. The molecule has 1 aromatic carbocycles. The normalized spacial score (nSPS) is 14.1. The van der Waals surface area contributed by atoms with Crippen LogP contribution in [0.3, 0.4) is 0 Å². The van der Waals surface area contributed by atoms with E-state index in [1.54, 1.807) is 19.9 Å². The molecule has 0 bridgehead atoms. The lowest BCUT2D eigenvalue weighted by Gasteiger charge is -2.22. The first kappa shape index (κ1) is 14.4. The third kappa shape index (κ3) is 3.66. The molecule has 0 aliphatic heterocycles. The van der Waals surface area contributed by atoms with Gasteiger partial charge in [-0.1, -0.05) is 19.1 Å². The number of para-hydroxylation sites is 2. The molecule has 1 unspecified atom stereocenters. The fraction of sp³-hybridized carbons (Fsp3) is 0.417. The van der Waals surface area contributed by atoms with Gasteiger partial charge in [0, 0.05) is 0 Å². The minimum Gasteiger partial charge on any atom is -0.433 e. The second kappa shape index (κ2) is 5.77. The van der Waals surface area contributed by atoms with E-state index in [4.69, 9.17) is 5.73 Å². The maximum absolute atomic E-state index is 12.2. The molecule has 6 heteroatoms. The van der Waals surface area contributed by atoms with Gasteiger partial charge in [-0.05, 0) is 25.5 Å². The second-order valence-electron chi connectivity index (χ2n) is 4.10. The fourth-order valence-corrected chi connectivity index (χ4v) is 1.19. The number of benzene rings is 1. The average molecular weight is 258 g/mol. The number of amides is 1. The minimum atomic E-state index is -2.95. The molecule has 0 spiro atoms. The molecule has 0 fully saturated rings. The summed E-state index contributed by atoms with van der Waals surface area (Å²) in [6.45, 7) is 0.388. The average Bonchev–Trinajstić information content (AvgIpc) is 2.31. The SMILES string of the molecule is CCC(C)(N)C(=O)Nc1ccccc1OC(F)F. The molecule has 0 aliphatic carbocycles. The lowest BCUT2D eigenvalue weighted by atomic mass is 9.99. The summed E-state index contributed by atoms with van der Waals surface area (Å²) in [6, 6.07) is 5.96. The number of ether oxygens (including phenoxy) is 1. The van der Waals surface area contributed by atoms with Gasteiger partial charge in [0.05, 0.1) is 11.2 Å². The number of carbonyl (C=O) groups excluding carboxylic acids is 1. The third-order valence-electron chi connectivity index (χ3n) is 2.60. The maximum Gasteiger partial charge on any atom is 0.387 e. The van der Waals surface area contributed by atoms with E-state index in [0.717, 1.165) is 0 Å². The molecule has 1 aromatic rings. The first-order valence-electron chi connectivity index (χ1n) is 5.51. The van der Waals surface area contributed by atoms with Gasteiger partial charge in [-0.2, -0.15) is 8.78 Å². The molecule has 0 heterocycles. The van der Waals surface area contributed by atoms with Crippen molar-refractivity contribution < 1.29 is 18.3 Å². The molecule has 0 saturated carbocycles. The van der Waals surface area contributed by atoms with Crippen molar-refractivity contribution >= 4 is 11.6 Å². The lowest BCUT2D eigenvalue weighted by molar-refractivity contribution is -0.120. The number of nitrogens with two attached hydrogens (primary N) is 1. The summed E-state index contributed by atoms with van der Waals surface area (Å²) < 4.78 is 28.7. The quantitative estimate of drug-likeness (QED) is 0.852. The molecule has 4 nitrogen and oxygen atoms in total. The molecular formula is C12H16F2N2O2. The standard InChI is InChI=1S/C12H16F2N2O2/c1-3-12(2,15)10(17)16-8-6-4-5-7-9(8)18-11(13)14/h4-7,11H,3,15H2,1-2H3,(H,16,17). The van der Waals surface area contributed by atoms with E-state index in [-0.39, 0.29) is 11.4 Å². The van der Waals surface area contributed by atoms with E-state index in [1.165, 1.54) is 18.2 Å². The number of hydrogen-bond acceptors (Lipinski definition) is 3. The highest BCUT2D eigenvalue weighted by Gasteiger charge is 2.26. The van der Waals surface area contributed by atoms with E-state index in [1.807, 2.05) is 0 Å². The van der Waals surface area contributed by atoms with Gasteiger partial charge < -0.3 is 15.8 Å². The van der Waals surface area contributed by atoms with E-state index in [2.05, 4.69) is 10.1 Å². The van der Waals surface area contributed by atoms with E-state index < -0.39 is 18.1 Å². The highest BCUT2D eigenvalue weighted by atomic mass is 19.3. The zero-order chi connectivity index (χ0) is 13.8. The topological polar surface area (TPSA) is 64.4 Å². The Hall–Kier alpha value is -1.69. The van der Waals surface area contributed by atoms with Crippen LogP contribution in [0.25, 0.3) is 0 Å². The number of carbonyl (C=O) groups is 1. The predicted molar refractivity (Wildman–Crippen MR) is 64.6 cm³/mol. The predicted octanol–water partition coefficient (Wildman–Crippen LogP) is 2.35. The Morgan fingerprint density at radius 1 is 1.50 bits per heavy atom. The highest BCUT2D eigenvalue weighted by molar-refractivity contribution is 5.98. The van der Waals surface area contributed by atoms with Crippen LogP contribution in [0, 0.1) is 0 Å². The zero-order valence-corrected chi connectivity index (χ0v) is 10.2. The summed E-state index contributed by atoms with van der Waals surface area (Å²) >= 11 is 0. The first-order chi connectivity index (χ1) is 8.36. The summed E-state index contributed by atoms with van der Waals surface area (Å²) in [5.41, 5.74) is 4.87. The monoisotopic (exact) mass is 258 g/mol. The maximum atomic E-state index is 12.2. The van der Waals surface area contributed by atoms with Crippen LogP contribution < -0.4 is 15.8 Å². The Balaban J connectivity index is 2.87.